The number of rotatable bonds is 5. The Hall–Kier alpha value is -2.51. The molecule has 1 fully saturated rings. The first-order valence-corrected chi connectivity index (χ1v) is 8.15. The number of ether oxygens (including phenoxy) is 1. The number of nitrogens with zero attached hydrogens (tertiary/aromatic N) is 3. The average molecular weight is 352 g/mol. The van der Waals surface area contributed by atoms with Crippen LogP contribution in [-0.2, 0) is 6.54 Å². The minimum absolute atomic E-state index is 0.339. The summed E-state index contributed by atoms with van der Waals surface area (Å²) in [6.07, 6.45) is 1.73. The molecule has 0 aliphatic carbocycles. The maximum Gasteiger partial charge on any atom is 0.573 e. The molecule has 5 nitrogen and oxygen atoms in total. The standard InChI is InChI=1S/C17H19F3N4O/c18-17(19,20)25-14-4-5-15(23-12-14)22-11-13-6-7-21-16(10-13)24-8-2-1-3-9-24/h4-7,10,12H,1-3,8-9,11H2,(H,22,23). The van der Waals surface area contributed by atoms with Gasteiger partial charge in [0.1, 0.15) is 17.4 Å². The van der Waals surface area contributed by atoms with Gasteiger partial charge in [-0.1, -0.05) is 0 Å². The van der Waals surface area contributed by atoms with Crippen LogP contribution in [0.15, 0.2) is 36.7 Å². The zero-order valence-corrected chi connectivity index (χ0v) is 13.6. The summed E-state index contributed by atoms with van der Waals surface area (Å²) in [7, 11) is 0. The number of pyridine rings is 2. The summed E-state index contributed by atoms with van der Waals surface area (Å²) in [6, 6.07) is 6.61. The van der Waals surface area contributed by atoms with Crippen molar-refractivity contribution >= 4 is 11.6 Å². The van der Waals surface area contributed by atoms with Crippen molar-refractivity contribution in [2.75, 3.05) is 23.3 Å². The van der Waals surface area contributed by atoms with Gasteiger partial charge in [-0.2, -0.15) is 0 Å². The Balaban J connectivity index is 1.58. The number of halogens is 3. The minimum atomic E-state index is -4.71. The van der Waals surface area contributed by atoms with Gasteiger partial charge < -0.3 is 15.0 Å². The van der Waals surface area contributed by atoms with Crippen LogP contribution in [0.5, 0.6) is 5.75 Å². The van der Waals surface area contributed by atoms with E-state index in [1.165, 1.54) is 31.4 Å². The van der Waals surface area contributed by atoms with Gasteiger partial charge in [0, 0.05) is 25.8 Å². The van der Waals surface area contributed by atoms with Gasteiger partial charge in [-0.25, -0.2) is 9.97 Å². The third kappa shape index (κ3) is 5.23. The van der Waals surface area contributed by atoms with Crippen LogP contribution in [0.25, 0.3) is 0 Å². The molecule has 1 aliphatic rings. The molecule has 2 aromatic heterocycles. The van der Waals surface area contributed by atoms with E-state index in [0.717, 1.165) is 30.7 Å². The molecule has 3 heterocycles. The highest BCUT2D eigenvalue weighted by atomic mass is 19.4. The van der Waals surface area contributed by atoms with Crippen molar-refractivity contribution in [3.8, 4) is 5.75 Å². The number of hydrogen-bond donors (Lipinski definition) is 1. The fourth-order valence-electron chi connectivity index (χ4n) is 2.74. The second kappa shape index (κ2) is 7.58. The summed E-state index contributed by atoms with van der Waals surface area (Å²) in [5.74, 6) is 1.10. The van der Waals surface area contributed by atoms with Crippen LogP contribution in [0.3, 0.4) is 0 Å². The molecule has 0 bridgehead atoms. The Labute approximate surface area is 143 Å². The quantitative estimate of drug-likeness (QED) is 0.882. The highest BCUT2D eigenvalue weighted by molar-refractivity contribution is 5.43. The summed E-state index contributed by atoms with van der Waals surface area (Å²) >= 11 is 0. The Morgan fingerprint density at radius 2 is 1.88 bits per heavy atom. The number of anilines is 2. The molecule has 1 saturated heterocycles. The van der Waals surface area contributed by atoms with Gasteiger partial charge in [-0.05, 0) is 49.1 Å². The molecule has 2 aromatic rings. The monoisotopic (exact) mass is 352 g/mol. The topological polar surface area (TPSA) is 50.3 Å². The fourth-order valence-corrected chi connectivity index (χ4v) is 2.74. The highest BCUT2D eigenvalue weighted by Crippen LogP contribution is 2.23. The van der Waals surface area contributed by atoms with Gasteiger partial charge >= 0.3 is 6.36 Å². The molecule has 3 rings (SSSR count). The summed E-state index contributed by atoms with van der Waals surface area (Å²) in [5.41, 5.74) is 1.04. The smallest absolute Gasteiger partial charge is 0.404 e. The number of nitrogens with one attached hydrogen (secondary N) is 1. The van der Waals surface area contributed by atoms with Crippen LogP contribution in [-0.4, -0.2) is 29.4 Å². The average Bonchev–Trinajstić information content (AvgIpc) is 2.61. The molecule has 0 spiro atoms. The van der Waals surface area contributed by atoms with E-state index >= 15 is 0 Å². The number of hydrogen-bond acceptors (Lipinski definition) is 5. The molecular weight excluding hydrogens is 333 g/mol. The van der Waals surface area contributed by atoms with Gasteiger partial charge in [0.15, 0.2) is 0 Å². The van der Waals surface area contributed by atoms with E-state index < -0.39 is 6.36 Å². The van der Waals surface area contributed by atoms with E-state index in [-0.39, 0.29) is 5.75 Å². The third-order valence-corrected chi connectivity index (χ3v) is 3.93. The van der Waals surface area contributed by atoms with E-state index in [1.54, 1.807) is 6.20 Å². The van der Waals surface area contributed by atoms with Gasteiger partial charge in [0.2, 0.25) is 0 Å². The lowest BCUT2D eigenvalue weighted by Crippen LogP contribution is -2.30. The minimum Gasteiger partial charge on any atom is -0.404 e. The molecule has 0 atom stereocenters. The molecule has 0 radical (unpaired) electrons. The largest absolute Gasteiger partial charge is 0.573 e. The Morgan fingerprint density at radius 3 is 2.56 bits per heavy atom. The van der Waals surface area contributed by atoms with Crippen molar-refractivity contribution in [2.24, 2.45) is 0 Å². The first kappa shape index (κ1) is 17.3. The predicted molar refractivity (Wildman–Crippen MR) is 88.5 cm³/mol. The summed E-state index contributed by atoms with van der Waals surface area (Å²) in [5, 5.41) is 3.09. The molecular formula is C17H19F3N4O. The zero-order chi connectivity index (χ0) is 17.7. The molecule has 1 N–H and O–H groups in total. The molecule has 1 aliphatic heterocycles. The fraction of sp³-hybridized carbons (Fsp3) is 0.412. The lowest BCUT2D eigenvalue weighted by Gasteiger charge is -2.27. The molecule has 0 amide bonds. The summed E-state index contributed by atoms with van der Waals surface area (Å²) < 4.78 is 40.2. The summed E-state index contributed by atoms with van der Waals surface area (Å²) in [4.78, 5) is 10.6. The van der Waals surface area contributed by atoms with Crippen molar-refractivity contribution in [3.05, 3.63) is 42.2 Å². The van der Waals surface area contributed by atoms with Crippen molar-refractivity contribution in [1.82, 2.24) is 9.97 Å². The van der Waals surface area contributed by atoms with Gasteiger partial charge in [0.25, 0.3) is 0 Å². The first-order chi connectivity index (χ1) is 12.0. The molecule has 0 aromatic carbocycles. The molecule has 0 saturated carbocycles. The lowest BCUT2D eigenvalue weighted by atomic mass is 10.1. The van der Waals surface area contributed by atoms with E-state index in [4.69, 9.17) is 0 Å². The van der Waals surface area contributed by atoms with Crippen LogP contribution in [0.2, 0.25) is 0 Å². The number of piperidine rings is 1. The van der Waals surface area contributed by atoms with Crippen molar-refractivity contribution in [2.45, 2.75) is 32.2 Å². The molecule has 134 valence electrons. The maximum atomic E-state index is 12.1. The van der Waals surface area contributed by atoms with Crippen molar-refractivity contribution in [3.63, 3.8) is 0 Å². The second-order valence-corrected chi connectivity index (χ2v) is 5.85. The van der Waals surface area contributed by atoms with E-state index in [0.29, 0.717) is 12.4 Å². The Morgan fingerprint density at radius 1 is 1.08 bits per heavy atom. The number of aromatic nitrogens is 2. The lowest BCUT2D eigenvalue weighted by molar-refractivity contribution is -0.274. The predicted octanol–water partition coefficient (Wildman–Crippen LogP) is 3.98. The highest BCUT2D eigenvalue weighted by Gasteiger charge is 2.31. The van der Waals surface area contributed by atoms with Crippen LogP contribution < -0.4 is 15.0 Å². The van der Waals surface area contributed by atoms with Crippen LogP contribution >= 0.6 is 0 Å². The zero-order valence-electron chi connectivity index (χ0n) is 13.6. The summed E-state index contributed by atoms with van der Waals surface area (Å²) in [6.45, 7) is 2.55. The van der Waals surface area contributed by atoms with Crippen LogP contribution in [0.1, 0.15) is 24.8 Å². The Kier molecular flexibility index (Phi) is 5.25. The van der Waals surface area contributed by atoms with Crippen LogP contribution in [0, 0.1) is 0 Å². The van der Waals surface area contributed by atoms with E-state index in [1.807, 2.05) is 12.1 Å². The maximum absolute atomic E-state index is 12.1. The van der Waals surface area contributed by atoms with Gasteiger partial charge in [-0.3, -0.25) is 0 Å². The normalized spacial score (nSPS) is 15.1. The molecule has 0 unspecified atom stereocenters. The van der Waals surface area contributed by atoms with Crippen molar-refractivity contribution in [1.29, 1.82) is 0 Å². The second-order valence-electron chi connectivity index (χ2n) is 5.85. The Bertz CT molecular complexity index is 685. The third-order valence-electron chi connectivity index (χ3n) is 3.93. The van der Waals surface area contributed by atoms with E-state index in [2.05, 4.69) is 24.9 Å². The molecule has 8 heteroatoms. The first-order valence-electron chi connectivity index (χ1n) is 8.15. The van der Waals surface area contributed by atoms with Crippen LogP contribution in [0.4, 0.5) is 24.8 Å². The van der Waals surface area contributed by atoms with Gasteiger partial charge in [0.05, 0.1) is 6.20 Å². The molecule has 25 heavy (non-hydrogen) atoms. The van der Waals surface area contributed by atoms with E-state index in [9.17, 15) is 13.2 Å². The van der Waals surface area contributed by atoms with Gasteiger partial charge in [-0.15, -0.1) is 13.2 Å². The SMILES string of the molecule is FC(F)(F)Oc1ccc(NCc2ccnc(N3CCCCC3)c2)nc1. The number of alkyl halides is 3. The van der Waals surface area contributed by atoms with Crippen molar-refractivity contribution < 1.29 is 17.9 Å².